The molecule has 2 fully saturated rings. The largest absolute Gasteiger partial charge is 0.368 e. The maximum atomic E-state index is 13.8. The van der Waals surface area contributed by atoms with Crippen LogP contribution in [0.4, 0.5) is 18.9 Å². The quantitative estimate of drug-likeness (QED) is 0.819. The molecule has 26 heavy (non-hydrogen) atoms. The van der Waals surface area contributed by atoms with Gasteiger partial charge in [-0.15, -0.1) is 0 Å². The molecule has 0 atom stereocenters. The average Bonchev–Trinajstić information content (AvgIpc) is 2.61. The number of likely N-dealkylation sites (N-methyl/N-ethyl adjacent to an activating group) is 1. The normalized spacial score (nSPS) is 21.7. The van der Waals surface area contributed by atoms with Crippen molar-refractivity contribution in [3.63, 3.8) is 0 Å². The predicted molar refractivity (Wildman–Crippen MR) is 95.4 cm³/mol. The van der Waals surface area contributed by atoms with Gasteiger partial charge in [-0.3, -0.25) is 4.79 Å². The maximum absolute atomic E-state index is 13.8. The van der Waals surface area contributed by atoms with Crippen LogP contribution in [0.25, 0.3) is 0 Å². The van der Waals surface area contributed by atoms with Crippen molar-refractivity contribution in [1.29, 1.82) is 0 Å². The lowest BCUT2D eigenvalue weighted by molar-refractivity contribution is -0.0490. The van der Waals surface area contributed by atoms with E-state index in [0.717, 1.165) is 31.9 Å². The third-order valence-corrected chi connectivity index (χ3v) is 5.59. The summed E-state index contributed by atoms with van der Waals surface area (Å²) >= 11 is 0. The van der Waals surface area contributed by atoms with E-state index >= 15 is 0 Å². The molecule has 0 N–H and O–H groups in total. The first kappa shape index (κ1) is 19.0. The van der Waals surface area contributed by atoms with Crippen LogP contribution >= 0.6 is 0 Å². The Bertz CT molecular complexity index is 649. The molecule has 0 unspecified atom stereocenters. The lowest BCUT2D eigenvalue weighted by Gasteiger charge is -2.37. The van der Waals surface area contributed by atoms with Gasteiger partial charge in [0.2, 0.25) is 5.92 Å². The highest BCUT2D eigenvalue weighted by Gasteiger charge is 2.37. The zero-order valence-corrected chi connectivity index (χ0v) is 15.4. The fraction of sp³-hybridized carbons (Fsp3) is 0.632. The molecule has 1 saturated heterocycles. The predicted octanol–water partition coefficient (Wildman–Crippen LogP) is 3.23. The second-order valence-corrected chi connectivity index (χ2v) is 7.45. The van der Waals surface area contributed by atoms with Crippen LogP contribution in [0.5, 0.6) is 0 Å². The minimum atomic E-state index is -2.63. The summed E-state index contributed by atoms with van der Waals surface area (Å²) < 4.78 is 40.6. The minimum absolute atomic E-state index is 0.205. The second-order valence-electron chi connectivity index (χ2n) is 7.45. The molecule has 1 saturated carbocycles. The summed E-state index contributed by atoms with van der Waals surface area (Å²) in [5, 5.41) is 0. The van der Waals surface area contributed by atoms with Crippen LogP contribution in [-0.2, 0) is 0 Å². The zero-order chi connectivity index (χ0) is 18.9. The molecule has 3 rings (SSSR count). The molecule has 1 aromatic carbocycles. The van der Waals surface area contributed by atoms with E-state index in [1.54, 1.807) is 13.1 Å². The molecular weight excluding hydrogens is 343 g/mol. The number of halogens is 3. The van der Waals surface area contributed by atoms with Crippen LogP contribution in [-0.4, -0.2) is 67.9 Å². The van der Waals surface area contributed by atoms with Crippen LogP contribution < -0.4 is 4.90 Å². The van der Waals surface area contributed by atoms with Gasteiger partial charge in [0.25, 0.3) is 5.91 Å². The zero-order valence-electron chi connectivity index (χ0n) is 15.4. The Morgan fingerprint density at radius 2 is 1.77 bits per heavy atom. The van der Waals surface area contributed by atoms with Crippen molar-refractivity contribution < 1.29 is 18.0 Å². The van der Waals surface area contributed by atoms with Gasteiger partial charge >= 0.3 is 0 Å². The Labute approximate surface area is 152 Å². The minimum Gasteiger partial charge on any atom is -0.368 e. The highest BCUT2D eigenvalue weighted by Crippen LogP contribution is 2.35. The SMILES string of the molecule is CN1CCN(c2ccc(F)cc2C(=O)N(C)C2CCC(F)(F)CC2)CC1. The van der Waals surface area contributed by atoms with Gasteiger partial charge in [0, 0.05) is 57.8 Å². The van der Waals surface area contributed by atoms with Crippen LogP contribution in [0.3, 0.4) is 0 Å². The van der Waals surface area contributed by atoms with Crippen LogP contribution in [0.15, 0.2) is 18.2 Å². The van der Waals surface area contributed by atoms with Gasteiger partial charge in [-0.2, -0.15) is 0 Å². The topological polar surface area (TPSA) is 26.8 Å². The lowest BCUT2D eigenvalue weighted by Crippen LogP contribution is -2.46. The smallest absolute Gasteiger partial charge is 0.256 e. The molecule has 1 aromatic rings. The lowest BCUT2D eigenvalue weighted by atomic mass is 9.91. The van der Waals surface area contributed by atoms with Gasteiger partial charge in [0.15, 0.2) is 0 Å². The number of nitrogens with zero attached hydrogens (tertiary/aromatic N) is 3. The number of carbonyl (C=O) groups excluding carboxylic acids is 1. The summed E-state index contributed by atoms with van der Waals surface area (Å²) in [5.74, 6) is -3.40. The Morgan fingerprint density at radius 1 is 1.15 bits per heavy atom. The summed E-state index contributed by atoms with van der Waals surface area (Å²) in [6.45, 7) is 3.28. The van der Waals surface area contributed by atoms with E-state index < -0.39 is 11.7 Å². The third-order valence-electron chi connectivity index (χ3n) is 5.59. The molecule has 7 heteroatoms. The monoisotopic (exact) mass is 369 g/mol. The third kappa shape index (κ3) is 4.14. The summed E-state index contributed by atoms with van der Waals surface area (Å²) in [5.41, 5.74) is 1.03. The number of rotatable bonds is 3. The fourth-order valence-corrected chi connectivity index (χ4v) is 3.77. The maximum Gasteiger partial charge on any atom is 0.256 e. The first-order valence-electron chi connectivity index (χ1n) is 9.15. The van der Waals surface area contributed by atoms with Gasteiger partial charge in [-0.25, -0.2) is 13.2 Å². The molecule has 1 heterocycles. The molecule has 0 spiro atoms. The van der Waals surface area contributed by atoms with Crippen molar-refractivity contribution in [2.45, 2.75) is 37.6 Å². The first-order valence-corrected chi connectivity index (χ1v) is 9.15. The first-order chi connectivity index (χ1) is 12.3. The van der Waals surface area contributed by atoms with E-state index in [4.69, 9.17) is 0 Å². The molecule has 1 amide bonds. The average molecular weight is 369 g/mol. The van der Waals surface area contributed by atoms with Crippen molar-refractivity contribution in [3.05, 3.63) is 29.6 Å². The number of hydrogen-bond acceptors (Lipinski definition) is 3. The van der Waals surface area contributed by atoms with Crippen molar-refractivity contribution >= 4 is 11.6 Å². The van der Waals surface area contributed by atoms with Gasteiger partial charge in [0.05, 0.1) is 5.56 Å². The molecule has 2 aliphatic rings. The van der Waals surface area contributed by atoms with E-state index in [9.17, 15) is 18.0 Å². The van der Waals surface area contributed by atoms with Crippen LogP contribution in [0, 0.1) is 5.82 Å². The van der Waals surface area contributed by atoms with Crippen molar-refractivity contribution in [2.75, 3.05) is 45.2 Å². The number of piperazine rings is 1. The summed E-state index contributed by atoms with van der Waals surface area (Å²) in [6.07, 6.45) is 0.135. The number of anilines is 1. The Morgan fingerprint density at radius 3 is 2.38 bits per heavy atom. The van der Waals surface area contributed by atoms with E-state index in [1.807, 2.05) is 7.05 Å². The molecule has 144 valence electrons. The van der Waals surface area contributed by atoms with Crippen molar-refractivity contribution in [1.82, 2.24) is 9.80 Å². The van der Waals surface area contributed by atoms with E-state index in [-0.39, 0.29) is 37.6 Å². The Balaban J connectivity index is 1.79. The van der Waals surface area contributed by atoms with Crippen LogP contribution in [0.1, 0.15) is 36.0 Å². The molecule has 0 radical (unpaired) electrons. The van der Waals surface area contributed by atoms with E-state index in [1.165, 1.54) is 17.0 Å². The standard InChI is InChI=1S/C19H26F3N3O/c1-23-9-11-25(12-10-23)17-4-3-14(20)13-16(17)18(26)24(2)15-5-7-19(21,22)8-6-15/h3-4,13,15H,5-12H2,1-2H3. The van der Waals surface area contributed by atoms with Gasteiger partial charge in [0.1, 0.15) is 5.82 Å². The Hall–Kier alpha value is -1.76. The molecule has 1 aliphatic carbocycles. The molecule has 1 aliphatic heterocycles. The van der Waals surface area contributed by atoms with Gasteiger partial charge in [-0.1, -0.05) is 0 Å². The second kappa shape index (κ2) is 7.47. The molecule has 0 aromatic heterocycles. The van der Waals surface area contributed by atoms with Crippen LogP contribution in [0.2, 0.25) is 0 Å². The molecule has 0 bridgehead atoms. The summed E-state index contributed by atoms with van der Waals surface area (Å²) in [4.78, 5) is 18.8. The Kier molecular flexibility index (Phi) is 5.46. The highest BCUT2D eigenvalue weighted by atomic mass is 19.3. The van der Waals surface area contributed by atoms with Gasteiger partial charge in [-0.05, 0) is 38.1 Å². The highest BCUT2D eigenvalue weighted by molar-refractivity contribution is 6.00. The number of benzene rings is 1. The number of hydrogen-bond donors (Lipinski definition) is 0. The summed E-state index contributed by atoms with van der Waals surface area (Å²) in [6, 6.07) is 4.05. The number of carbonyl (C=O) groups is 1. The number of alkyl halides is 2. The summed E-state index contributed by atoms with van der Waals surface area (Å²) in [7, 11) is 3.68. The van der Waals surface area contributed by atoms with Crippen molar-refractivity contribution in [2.24, 2.45) is 0 Å². The molecule has 4 nitrogen and oxygen atoms in total. The van der Waals surface area contributed by atoms with E-state index in [2.05, 4.69) is 9.80 Å². The van der Waals surface area contributed by atoms with E-state index in [0.29, 0.717) is 5.56 Å². The number of amides is 1. The molecular formula is C19H26F3N3O. The fourth-order valence-electron chi connectivity index (χ4n) is 3.77. The van der Waals surface area contributed by atoms with Gasteiger partial charge < -0.3 is 14.7 Å². The van der Waals surface area contributed by atoms with Crippen molar-refractivity contribution in [3.8, 4) is 0 Å².